The Bertz CT molecular complexity index is 822. The van der Waals surface area contributed by atoms with Crippen molar-refractivity contribution in [3.05, 3.63) is 47.8 Å². The molecule has 0 N–H and O–H groups in total. The van der Waals surface area contributed by atoms with Crippen LogP contribution in [0.25, 0.3) is 0 Å². The number of rotatable bonds is 5. The zero-order chi connectivity index (χ0) is 20.2. The van der Waals surface area contributed by atoms with Gasteiger partial charge in [0.15, 0.2) is 0 Å². The highest BCUT2D eigenvalue weighted by Gasteiger charge is 2.27. The smallest absolute Gasteiger partial charge is 0.134 e. The summed E-state index contributed by atoms with van der Waals surface area (Å²) in [5, 5.41) is 0. The molecule has 0 radical (unpaired) electrons. The van der Waals surface area contributed by atoms with Crippen LogP contribution in [-0.2, 0) is 4.74 Å². The molecule has 1 aromatic carbocycles. The Labute approximate surface area is 170 Å². The van der Waals surface area contributed by atoms with Crippen LogP contribution in [0.4, 0.5) is 20.4 Å². The Kier molecular flexibility index (Phi) is 6.20. The van der Waals surface area contributed by atoms with Gasteiger partial charge in [0.1, 0.15) is 29.6 Å². The zero-order valence-electron chi connectivity index (χ0n) is 16.7. The third kappa shape index (κ3) is 4.48. The average molecular weight is 403 g/mol. The van der Waals surface area contributed by atoms with Crippen molar-refractivity contribution in [2.45, 2.75) is 19.4 Å². The molecule has 0 spiro atoms. The number of ether oxygens (including phenoxy) is 1. The first-order valence-electron chi connectivity index (χ1n) is 10.2. The minimum absolute atomic E-state index is 0.0490. The summed E-state index contributed by atoms with van der Waals surface area (Å²) in [6, 6.07) is 5.88. The van der Waals surface area contributed by atoms with Gasteiger partial charge in [-0.25, -0.2) is 18.7 Å². The molecular formula is C21H27F2N5O. The Hall–Kier alpha value is -2.32. The molecule has 2 saturated heterocycles. The average Bonchev–Trinajstić information content (AvgIpc) is 2.77. The van der Waals surface area contributed by atoms with Crippen LogP contribution in [0.5, 0.6) is 0 Å². The number of nitrogens with zero attached hydrogens (tertiary/aromatic N) is 5. The molecule has 2 aromatic rings. The van der Waals surface area contributed by atoms with E-state index in [9.17, 15) is 8.78 Å². The summed E-state index contributed by atoms with van der Waals surface area (Å²) in [5.74, 6) is 0.846. The van der Waals surface area contributed by atoms with Crippen molar-refractivity contribution < 1.29 is 13.5 Å². The molecular weight excluding hydrogens is 376 g/mol. The van der Waals surface area contributed by atoms with Gasteiger partial charge in [0, 0.05) is 63.0 Å². The number of benzene rings is 1. The highest BCUT2D eigenvalue weighted by Crippen LogP contribution is 2.29. The predicted molar refractivity (Wildman–Crippen MR) is 108 cm³/mol. The summed E-state index contributed by atoms with van der Waals surface area (Å²) in [7, 11) is 0. The van der Waals surface area contributed by atoms with E-state index in [2.05, 4.69) is 24.7 Å². The number of morpholine rings is 1. The fourth-order valence-electron chi connectivity index (χ4n) is 4.18. The lowest BCUT2D eigenvalue weighted by atomic mass is 10.0. The number of hydrogen-bond donors (Lipinski definition) is 0. The van der Waals surface area contributed by atoms with Crippen molar-refractivity contribution in [3.63, 3.8) is 0 Å². The van der Waals surface area contributed by atoms with E-state index in [0.29, 0.717) is 5.56 Å². The summed E-state index contributed by atoms with van der Waals surface area (Å²) in [5.41, 5.74) is 0.569. The van der Waals surface area contributed by atoms with E-state index in [1.54, 1.807) is 12.4 Å². The summed E-state index contributed by atoms with van der Waals surface area (Å²) >= 11 is 0. The van der Waals surface area contributed by atoms with Gasteiger partial charge < -0.3 is 14.5 Å². The van der Waals surface area contributed by atoms with Gasteiger partial charge in [-0.2, -0.15) is 0 Å². The van der Waals surface area contributed by atoms with Crippen LogP contribution in [0.15, 0.2) is 30.6 Å². The molecule has 156 valence electrons. The third-order valence-electron chi connectivity index (χ3n) is 5.76. The summed E-state index contributed by atoms with van der Waals surface area (Å²) in [6.07, 6.45) is 2.40. The lowest BCUT2D eigenvalue weighted by Gasteiger charge is -2.40. The van der Waals surface area contributed by atoms with Crippen molar-refractivity contribution in [3.8, 4) is 0 Å². The second kappa shape index (κ2) is 9.00. The molecule has 2 fully saturated rings. The molecule has 0 bridgehead atoms. The number of halogens is 2. The van der Waals surface area contributed by atoms with Crippen LogP contribution < -0.4 is 9.80 Å². The van der Waals surface area contributed by atoms with Crippen molar-refractivity contribution in [2.24, 2.45) is 0 Å². The topological polar surface area (TPSA) is 44.7 Å². The molecule has 6 nitrogen and oxygen atoms in total. The minimum Gasteiger partial charge on any atom is -0.378 e. The van der Waals surface area contributed by atoms with E-state index in [4.69, 9.17) is 4.74 Å². The van der Waals surface area contributed by atoms with Gasteiger partial charge in [-0.1, -0.05) is 13.0 Å². The van der Waals surface area contributed by atoms with E-state index < -0.39 is 11.6 Å². The standard InChI is InChI=1S/C21H27F2N5O/c1-2-19(17-4-3-16(22)13-18(17)23)26-5-7-27(8-6-26)20-14-21(25-15-24-20)28-9-11-29-12-10-28/h3-4,13-15,19H,2,5-12H2,1H3. The van der Waals surface area contributed by atoms with Crippen molar-refractivity contribution in [1.29, 1.82) is 0 Å². The fraction of sp³-hybridized carbons (Fsp3) is 0.524. The Morgan fingerprint density at radius 2 is 1.59 bits per heavy atom. The summed E-state index contributed by atoms with van der Waals surface area (Å²) in [4.78, 5) is 15.6. The third-order valence-corrected chi connectivity index (χ3v) is 5.76. The first kappa shape index (κ1) is 20.0. The molecule has 2 aliphatic rings. The highest BCUT2D eigenvalue weighted by atomic mass is 19.1. The molecule has 1 unspecified atom stereocenters. The second-order valence-corrected chi connectivity index (χ2v) is 7.45. The maximum atomic E-state index is 14.3. The van der Waals surface area contributed by atoms with Gasteiger partial charge in [-0.15, -0.1) is 0 Å². The molecule has 0 saturated carbocycles. The molecule has 3 heterocycles. The molecule has 1 atom stereocenters. The molecule has 0 aliphatic carbocycles. The first-order valence-corrected chi connectivity index (χ1v) is 10.2. The molecule has 0 amide bonds. The normalized spacial score (nSPS) is 19.4. The van der Waals surface area contributed by atoms with Gasteiger partial charge in [-0.05, 0) is 12.5 Å². The second-order valence-electron chi connectivity index (χ2n) is 7.45. The molecule has 4 rings (SSSR count). The SMILES string of the molecule is CCC(c1ccc(F)cc1F)N1CCN(c2cc(N3CCOCC3)ncn2)CC1. The number of piperazine rings is 1. The Morgan fingerprint density at radius 3 is 2.21 bits per heavy atom. The van der Waals surface area contributed by atoms with Crippen LogP contribution in [-0.4, -0.2) is 67.4 Å². The largest absolute Gasteiger partial charge is 0.378 e. The number of aromatic nitrogens is 2. The van der Waals surface area contributed by atoms with Crippen LogP contribution in [0.2, 0.25) is 0 Å². The highest BCUT2D eigenvalue weighted by molar-refractivity contribution is 5.50. The molecule has 1 aromatic heterocycles. The quantitative estimate of drug-likeness (QED) is 0.765. The molecule has 29 heavy (non-hydrogen) atoms. The van der Waals surface area contributed by atoms with Gasteiger partial charge in [0.25, 0.3) is 0 Å². The number of anilines is 2. The molecule has 8 heteroatoms. The van der Waals surface area contributed by atoms with E-state index in [1.807, 2.05) is 13.0 Å². The van der Waals surface area contributed by atoms with Gasteiger partial charge in [-0.3, -0.25) is 4.90 Å². The first-order chi connectivity index (χ1) is 14.2. The van der Waals surface area contributed by atoms with Gasteiger partial charge in [0.05, 0.1) is 13.2 Å². The van der Waals surface area contributed by atoms with E-state index in [0.717, 1.165) is 76.6 Å². The zero-order valence-corrected chi connectivity index (χ0v) is 16.7. The van der Waals surface area contributed by atoms with E-state index in [-0.39, 0.29) is 6.04 Å². The van der Waals surface area contributed by atoms with Gasteiger partial charge in [0.2, 0.25) is 0 Å². The van der Waals surface area contributed by atoms with Crippen LogP contribution >= 0.6 is 0 Å². The predicted octanol–water partition coefficient (Wildman–Crippen LogP) is 2.86. The van der Waals surface area contributed by atoms with Crippen molar-refractivity contribution in [2.75, 3.05) is 62.3 Å². The van der Waals surface area contributed by atoms with Crippen LogP contribution in [0, 0.1) is 11.6 Å². The summed E-state index contributed by atoms with van der Waals surface area (Å²) < 4.78 is 33.0. The van der Waals surface area contributed by atoms with E-state index in [1.165, 1.54) is 6.07 Å². The Balaban J connectivity index is 1.42. The lowest BCUT2D eigenvalue weighted by molar-refractivity contribution is 0.122. The summed E-state index contributed by atoms with van der Waals surface area (Å²) in [6.45, 7) is 8.36. The number of hydrogen-bond acceptors (Lipinski definition) is 6. The van der Waals surface area contributed by atoms with Gasteiger partial charge >= 0.3 is 0 Å². The fourth-order valence-corrected chi connectivity index (χ4v) is 4.18. The monoisotopic (exact) mass is 403 g/mol. The lowest BCUT2D eigenvalue weighted by Crippen LogP contribution is -2.48. The maximum absolute atomic E-state index is 14.3. The van der Waals surface area contributed by atoms with Crippen molar-refractivity contribution >= 4 is 11.6 Å². The van der Waals surface area contributed by atoms with Crippen molar-refractivity contribution in [1.82, 2.24) is 14.9 Å². The van der Waals surface area contributed by atoms with E-state index >= 15 is 0 Å². The molecule has 2 aliphatic heterocycles. The van der Waals surface area contributed by atoms with Crippen LogP contribution in [0.3, 0.4) is 0 Å². The van der Waals surface area contributed by atoms with Crippen LogP contribution in [0.1, 0.15) is 24.9 Å². The minimum atomic E-state index is -0.536. The Morgan fingerprint density at radius 1 is 0.931 bits per heavy atom. The maximum Gasteiger partial charge on any atom is 0.134 e.